The Hall–Kier alpha value is -1.11. The van der Waals surface area contributed by atoms with E-state index in [9.17, 15) is 13.2 Å². The molecule has 1 saturated heterocycles. The van der Waals surface area contributed by atoms with Crippen LogP contribution in [0.15, 0.2) is 12.1 Å². The molecule has 0 saturated carbocycles. The van der Waals surface area contributed by atoms with Gasteiger partial charge in [0.2, 0.25) is 0 Å². The summed E-state index contributed by atoms with van der Waals surface area (Å²) < 4.78 is 39.4. The van der Waals surface area contributed by atoms with E-state index in [1.165, 1.54) is 0 Å². The smallest absolute Gasteiger partial charge is 0.161 e. The van der Waals surface area contributed by atoms with Crippen LogP contribution in [0.1, 0.15) is 5.56 Å². The molecular weight excluding hydrogens is 267 g/mol. The minimum Gasteiger partial charge on any atom is -0.311 e. The second-order valence-electron chi connectivity index (χ2n) is 5.39. The first-order chi connectivity index (χ1) is 9.47. The van der Waals surface area contributed by atoms with Crippen LogP contribution in [-0.2, 0) is 6.54 Å². The van der Waals surface area contributed by atoms with Crippen molar-refractivity contribution < 1.29 is 13.2 Å². The van der Waals surface area contributed by atoms with E-state index < -0.39 is 17.5 Å². The third-order valence-electron chi connectivity index (χ3n) is 3.76. The van der Waals surface area contributed by atoms with Crippen molar-refractivity contribution in [2.45, 2.75) is 12.6 Å². The van der Waals surface area contributed by atoms with Gasteiger partial charge in [-0.3, -0.25) is 4.90 Å². The quantitative estimate of drug-likeness (QED) is 0.846. The molecule has 0 spiro atoms. The molecule has 20 heavy (non-hydrogen) atoms. The van der Waals surface area contributed by atoms with Crippen molar-refractivity contribution in [1.29, 1.82) is 0 Å². The monoisotopic (exact) mass is 287 g/mol. The van der Waals surface area contributed by atoms with Crippen LogP contribution in [-0.4, -0.2) is 56.1 Å². The van der Waals surface area contributed by atoms with Gasteiger partial charge in [-0.2, -0.15) is 0 Å². The zero-order valence-electron chi connectivity index (χ0n) is 11.8. The number of hydrogen-bond donors (Lipinski definition) is 1. The van der Waals surface area contributed by atoms with Crippen LogP contribution >= 0.6 is 0 Å². The van der Waals surface area contributed by atoms with Gasteiger partial charge in [0.15, 0.2) is 11.6 Å². The number of rotatable bonds is 4. The van der Waals surface area contributed by atoms with Gasteiger partial charge in [0, 0.05) is 50.4 Å². The van der Waals surface area contributed by atoms with E-state index in [-0.39, 0.29) is 12.1 Å². The van der Waals surface area contributed by atoms with E-state index in [0.717, 1.165) is 25.7 Å². The molecule has 0 aliphatic carbocycles. The van der Waals surface area contributed by atoms with E-state index in [1.54, 1.807) is 0 Å². The second-order valence-corrected chi connectivity index (χ2v) is 5.39. The summed E-state index contributed by atoms with van der Waals surface area (Å²) in [5, 5.41) is 3.11. The summed E-state index contributed by atoms with van der Waals surface area (Å²) in [5.41, 5.74) is 0.149. The third kappa shape index (κ3) is 3.71. The molecular formula is C14H20F3N3. The first-order valence-electron chi connectivity index (χ1n) is 6.70. The summed E-state index contributed by atoms with van der Waals surface area (Å²) in [6.07, 6.45) is 0. The zero-order chi connectivity index (χ0) is 14.7. The van der Waals surface area contributed by atoms with Gasteiger partial charge >= 0.3 is 0 Å². The van der Waals surface area contributed by atoms with Crippen LogP contribution in [0.5, 0.6) is 0 Å². The number of halogens is 3. The maximum atomic E-state index is 13.5. The molecule has 1 fully saturated rings. The fourth-order valence-electron chi connectivity index (χ4n) is 2.39. The SMILES string of the molecule is CN1CCN(C)C(CNCc2cc(F)c(F)cc2F)C1. The van der Waals surface area contributed by atoms with Gasteiger partial charge in [0.05, 0.1) is 0 Å². The summed E-state index contributed by atoms with van der Waals surface area (Å²) in [7, 11) is 4.12. The molecule has 1 aromatic rings. The molecule has 2 rings (SSSR count). The summed E-state index contributed by atoms with van der Waals surface area (Å²) in [6, 6.07) is 1.84. The largest absolute Gasteiger partial charge is 0.311 e. The van der Waals surface area contributed by atoms with Crippen LogP contribution in [0.3, 0.4) is 0 Å². The van der Waals surface area contributed by atoms with Gasteiger partial charge in [-0.1, -0.05) is 0 Å². The van der Waals surface area contributed by atoms with Crippen molar-refractivity contribution >= 4 is 0 Å². The molecule has 1 atom stereocenters. The van der Waals surface area contributed by atoms with Crippen LogP contribution < -0.4 is 5.32 Å². The fourth-order valence-corrected chi connectivity index (χ4v) is 2.39. The van der Waals surface area contributed by atoms with Crippen molar-refractivity contribution in [3.05, 3.63) is 35.1 Å². The molecule has 0 radical (unpaired) electrons. The van der Waals surface area contributed by atoms with Gasteiger partial charge in [-0.15, -0.1) is 0 Å². The van der Waals surface area contributed by atoms with Gasteiger partial charge in [-0.25, -0.2) is 13.2 Å². The van der Waals surface area contributed by atoms with Crippen LogP contribution in [0.2, 0.25) is 0 Å². The third-order valence-corrected chi connectivity index (χ3v) is 3.76. The normalized spacial score (nSPS) is 21.4. The van der Waals surface area contributed by atoms with Gasteiger partial charge in [-0.05, 0) is 20.2 Å². The van der Waals surface area contributed by atoms with Crippen LogP contribution in [0.25, 0.3) is 0 Å². The highest BCUT2D eigenvalue weighted by Gasteiger charge is 2.21. The molecule has 0 bridgehead atoms. The van der Waals surface area contributed by atoms with E-state index in [0.29, 0.717) is 18.7 Å². The zero-order valence-corrected chi connectivity index (χ0v) is 11.8. The summed E-state index contributed by atoms with van der Waals surface area (Å²) >= 11 is 0. The van der Waals surface area contributed by atoms with E-state index in [1.807, 2.05) is 0 Å². The molecule has 1 aliphatic heterocycles. The van der Waals surface area contributed by atoms with Crippen LogP contribution in [0.4, 0.5) is 13.2 Å². The lowest BCUT2D eigenvalue weighted by atomic mass is 10.1. The second kappa shape index (κ2) is 6.56. The first kappa shape index (κ1) is 15.3. The minimum atomic E-state index is -1.15. The van der Waals surface area contributed by atoms with Crippen molar-refractivity contribution in [3.63, 3.8) is 0 Å². The average molecular weight is 287 g/mol. The van der Waals surface area contributed by atoms with E-state index in [2.05, 4.69) is 29.2 Å². The van der Waals surface area contributed by atoms with Gasteiger partial charge < -0.3 is 10.2 Å². The van der Waals surface area contributed by atoms with Crippen molar-refractivity contribution in [2.75, 3.05) is 40.3 Å². The highest BCUT2D eigenvalue weighted by Crippen LogP contribution is 2.13. The lowest BCUT2D eigenvalue weighted by Gasteiger charge is -2.37. The molecule has 6 heteroatoms. The molecule has 1 heterocycles. The Morgan fingerprint density at radius 3 is 2.55 bits per heavy atom. The molecule has 112 valence electrons. The maximum Gasteiger partial charge on any atom is 0.161 e. The Labute approximate surface area is 117 Å². The number of piperazine rings is 1. The minimum absolute atomic E-state index is 0.149. The molecule has 1 N–H and O–H groups in total. The Morgan fingerprint density at radius 1 is 1.10 bits per heavy atom. The molecule has 1 aliphatic rings. The van der Waals surface area contributed by atoms with Gasteiger partial charge in [0.1, 0.15) is 5.82 Å². The topological polar surface area (TPSA) is 18.5 Å². The Kier molecular flexibility index (Phi) is 5.01. The molecule has 1 unspecified atom stereocenters. The molecule has 3 nitrogen and oxygen atoms in total. The molecule has 0 amide bonds. The standard InChI is InChI=1S/C14H20F3N3/c1-19-3-4-20(2)11(9-19)8-18-7-10-5-13(16)14(17)6-12(10)15/h5-6,11,18H,3-4,7-9H2,1-2H3. The average Bonchev–Trinajstić information content (AvgIpc) is 2.39. The number of benzene rings is 1. The molecule has 0 aromatic heterocycles. The predicted molar refractivity (Wildman–Crippen MR) is 71.9 cm³/mol. The lowest BCUT2D eigenvalue weighted by Crippen LogP contribution is -2.53. The Bertz CT molecular complexity index is 467. The highest BCUT2D eigenvalue weighted by atomic mass is 19.2. The summed E-state index contributed by atoms with van der Waals surface area (Å²) in [5.74, 6) is -2.89. The maximum absolute atomic E-state index is 13.5. The molecule has 1 aromatic carbocycles. The van der Waals surface area contributed by atoms with Crippen molar-refractivity contribution in [3.8, 4) is 0 Å². The van der Waals surface area contributed by atoms with Crippen molar-refractivity contribution in [2.24, 2.45) is 0 Å². The fraction of sp³-hybridized carbons (Fsp3) is 0.571. The Morgan fingerprint density at radius 2 is 1.80 bits per heavy atom. The number of nitrogens with zero attached hydrogens (tertiary/aromatic N) is 2. The Balaban J connectivity index is 1.88. The number of nitrogens with one attached hydrogen (secondary N) is 1. The van der Waals surface area contributed by atoms with Gasteiger partial charge in [0.25, 0.3) is 0 Å². The van der Waals surface area contributed by atoms with Crippen LogP contribution in [0, 0.1) is 17.5 Å². The number of likely N-dealkylation sites (N-methyl/N-ethyl adjacent to an activating group) is 2. The highest BCUT2D eigenvalue weighted by molar-refractivity contribution is 5.19. The lowest BCUT2D eigenvalue weighted by molar-refractivity contribution is 0.113. The summed E-state index contributed by atoms with van der Waals surface area (Å²) in [6.45, 7) is 3.83. The number of hydrogen-bond acceptors (Lipinski definition) is 3. The summed E-state index contributed by atoms with van der Waals surface area (Å²) in [4.78, 5) is 4.49. The van der Waals surface area contributed by atoms with Crippen molar-refractivity contribution in [1.82, 2.24) is 15.1 Å². The first-order valence-corrected chi connectivity index (χ1v) is 6.70. The van der Waals surface area contributed by atoms with E-state index in [4.69, 9.17) is 0 Å². The predicted octanol–water partition coefficient (Wildman–Crippen LogP) is 1.44. The van der Waals surface area contributed by atoms with E-state index >= 15 is 0 Å².